The molecule has 0 unspecified atom stereocenters. The van der Waals surface area contributed by atoms with Crippen LogP contribution in [0.5, 0.6) is 5.75 Å². The molecule has 0 saturated heterocycles. The fourth-order valence-corrected chi connectivity index (χ4v) is 2.12. The molecule has 15 heavy (non-hydrogen) atoms. The molecule has 0 fully saturated rings. The van der Waals surface area contributed by atoms with Gasteiger partial charge in [0, 0.05) is 10.4 Å². The van der Waals surface area contributed by atoms with Crippen molar-refractivity contribution in [2.75, 3.05) is 0 Å². The molecule has 0 aliphatic carbocycles. The number of rotatable bonds is 2. The van der Waals surface area contributed by atoms with Gasteiger partial charge in [0.2, 0.25) is 0 Å². The first-order valence-corrected chi connectivity index (χ1v) is 5.24. The van der Waals surface area contributed by atoms with Crippen LogP contribution in [0, 0.1) is 0 Å². The number of phenolic OH excluding ortho intramolecular Hbond substituents is 1. The number of halogens is 1. The van der Waals surface area contributed by atoms with Crippen molar-refractivity contribution in [3.8, 4) is 5.75 Å². The predicted octanol–water partition coefficient (Wildman–Crippen LogP) is 2.92. The third-order valence-corrected chi connectivity index (χ3v) is 3.08. The predicted molar refractivity (Wildman–Crippen MR) is 65.7 cm³/mol. The zero-order chi connectivity index (χ0) is 9.97. The molecule has 3 N–H and O–H groups in total. The highest BCUT2D eigenvalue weighted by atomic mass is 35.5. The van der Waals surface area contributed by atoms with E-state index in [4.69, 9.17) is 5.73 Å². The minimum Gasteiger partial charge on any atom is -0.508 e. The quantitative estimate of drug-likeness (QED) is 0.849. The van der Waals surface area contributed by atoms with Crippen LogP contribution in [0.25, 0.3) is 0 Å². The van der Waals surface area contributed by atoms with E-state index in [1.807, 2.05) is 29.6 Å². The molecule has 0 saturated carbocycles. The lowest BCUT2D eigenvalue weighted by molar-refractivity contribution is 0.465. The van der Waals surface area contributed by atoms with Crippen LogP contribution in [-0.2, 0) is 0 Å². The number of phenols is 1. The van der Waals surface area contributed by atoms with Gasteiger partial charge in [0.05, 0.1) is 6.04 Å². The second-order valence-electron chi connectivity index (χ2n) is 3.05. The molecule has 1 atom stereocenters. The smallest absolute Gasteiger partial charge is 0.120 e. The number of hydrogen-bond donors (Lipinski definition) is 2. The third kappa shape index (κ3) is 2.50. The van der Waals surface area contributed by atoms with E-state index >= 15 is 0 Å². The summed E-state index contributed by atoms with van der Waals surface area (Å²) < 4.78 is 0. The van der Waals surface area contributed by atoms with Gasteiger partial charge in [-0.1, -0.05) is 24.3 Å². The Hall–Kier alpha value is -1.03. The summed E-state index contributed by atoms with van der Waals surface area (Å²) in [6, 6.07) is 10.9. The average molecular weight is 242 g/mol. The Morgan fingerprint density at radius 2 is 1.87 bits per heavy atom. The van der Waals surface area contributed by atoms with Gasteiger partial charge >= 0.3 is 0 Å². The van der Waals surface area contributed by atoms with Gasteiger partial charge in [-0.05, 0) is 17.5 Å². The summed E-state index contributed by atoms with van der Waals surface area (Å²) in [5.41, 5.74) is 6.79. The summed E-state index contributed by atoms with van der Waals surface area (Å²) in [4.78, 5) is 1.06. The summed E-state index contributed by atoms with van der Waals surface area (Å²) in [7, 11) is 0. The zero-order valence-corrected chi connectivity index (χ0v) is 9.59. The molecule has 2 nitrogen and oxygen atoms in total. The highest BCUT2D eigenvalue weighted by molar-refractivity contribution is 7.10. The Morgan fingerprint density at radius 1 is 1.13 bits per heavy atom. The Labute approximate surface area is 98.8 Å². The van der Waals surface area contributed by atoms with Crippen LogP contribution in [0.4, 0.5) is 0 Å². The van der Waals surface area contributed by atoms with Crippen molar-refractivity contribution in [2.45, 2.75) is 6.04 Å². The molecule has 80 valence electrons. The van der Waals surface area contributed by atoms with Gasteiger partial charge in [0.25, 0.3) is 0 Å². The largest absolute Gasteiger partial charge is 0.508 e. The first-order valence-electron chi connectivity index (χ1n) is 4.36. The van der Waals surface area contributed by atoms with Gasteiger partial charge in [-0.25, -0.2) is 0 Å². The van der Waals surface area contributed by atoms with Crippen LogP contribution < -0.4 is 5.73 Å². The van der Waals surface area contributed by atoms with Gasteiger partial charge < -0.3 is 10.8 Å². The Morgan fingerprint density at radius 3 is 2.47 bits per heavy atom. The molecule has 2 rings (SSSR count). The monoisotopic (exact) mass is 241 g/mol. The minimum absolute atomic E-state index is 0. The van der Waals surface area contributed by atoms with Gasteiger partial charge in [-0.2, -0.15) is 0 Å². The molecule has 2 aromatic rings. The Kier molecular flexibility index (Phi) is 4.15. The molecule has 4 heteroatoms. The van der Waals surface area contributed by atoms with Crippen molar-refractivity contribution in [3.05, 3.63) is 52.2 Å². The van der Waals surface area contributed by atoms with Crippen LogP contribution in [0.2, 0.25) is 0 Å². The fourth-order valence-electron chi connectivity index (χ4n) is 1.37. The molecule has 1 heterocycles. The number of nitrogens with two attached hydrogens (primary N) is 1. The summed E-state index contributed by atoms with van der Waals surface area (Å²) in [6.45, 7) is 0. The van der Waals surface area contributed by atoms with E-state index in [-0.39, 0.29) is 24.2 Å². The van der Waals surface area contributed by atoms with E-state index < -0.39 is 0 Å². The lowest BCUT2D eigenvalue weighted by Crippen LogP contribution is -2.10. The highest BCUT2D eigenvalue weighted by Crippen LogP contribution is 2.29. The molecule has 0 radical (unpaired) electrons. The highest BCUT2D eigenvalue weighted by Gasteiger charge is 2.12. The minimum atomic E-state index is -0.226. The Balaban J connectivity index is 0.00000112. The SMILES string of the molecule is Cl.N[C@@H](c1cccs1)c1ccccc1O. The topological polar surface area (TPSA) is 46.2 Å². The number of hydrogen-bond acceptors (Lipinski definition) is 3. The first-order chi connectivity index (χ1) is 6.79. The van der Waals surface area contributed by atoms with Gasteiger partial charge in [0.15, 0.2) is 0 Å². The number of para-hydroxylation sites is 1. The van der Waals surface area contributed by atoms with E-state index in [0.29, 0.717) is 0 Å². The van der Waals surface area contributed by atoms with E-state index in [0.717, 1.165) is 10.4 Å². The van der Waals surface area contributed by atoms with Crippen molar-refractivity contribution in [1.29, 1.82) is 0 Å². The van der Waals surface area contributed by atoms with E-state index in [1.165, 1.54) is 0 Å². The second kappa shape index (κ2) is 5.16. The molecule has 1 aromatic heterocycles. The van der Waals surface area contributed by atoms with Crippen molar-refractivity contribution >= 4 is 23.7 Å². The van der Waals surface area contributed by atoms with E-state index in [9.17, 15) is 5.11 Å². The van der Waals surface area contributed by atoms with Crippen molar-refractivity contribution in [3.63, 3.8) is 0 Å². The molecule has 0 spiro atoms. The van der Waals surface area contributed by atoms with E-state index in [2.05, 4.69) is 0 Å². The standard InChI is InChI=1S/C11H11NOS.ClH/c12-11(10-6-3-7-14-10)8-4-1-2-5-9(8)13;/h1-7,11,13H,12H2;1H/t11-;/m1./s1. The molecule has 0 bridgehead atoms. The normalized spacial score (nSPS) is 11.8. The lowest BCUT2D eigenvalue weighted by Gasteiger charge is -2.11. The van der Waals surface area contributed by atoms with Crippen molar-refractivity contribution in [1.82, 2.24) is 0 Å². The summed E-state index contributed by atoms with van der Waals surface area (Å²) in [5, 5.41) is 11.6. The summed E-state index contributed by atoms with van der Waals surface area (Å²) in [6.07, 6.45) is 0. The van der Waals surface area contributed by atoms with Gasteiger partial charge in [-0.3, -0.25) is 0 Å². The first kappa shape index (κ1) is 12.0. The maximum absolute atomic E-state index is 9.60. The van der Waals surface area contributed by atoms with Crippen LogP contribution in [-0.4, -0.2) is 5.11 Å². The zero-order valence-electron chi connectivity index (χ0n) is 7.96. The molecule has 0 aliphatic rings. The van der Waals surface area contributed by atoms with Crippen molar-refractivity contribution < 1.29 is 5.11 Å². The number of thiophene rings is 1. The molecular formula is C11H12ClNOS. The number of benzene rings is 1. The lowest BCUT2D eigenvalue weighted by atomic mass is 10.1. The maximum Gasteiger partial charge on any atom is 0.120 e. The summed E-state index contributed by atoms with van der Waals surface area (Å²) in [5.74, 6) is 0.258. The number of aromatic hydroxyl groups is 1. The molecular weight excluding hydrogens is 230 g/mol. The maximum atomic E-state index is 9.60. The van der Waals surface area contributed by atoms with Crippen LogP contribution in [0.15, 0.2) is 41.8 Å². The molecule has 1 aromatic carbocycles. The summed E-state index contributed by atoms with van der Waals surface area (Å²) >= 11 is 1.60. The second-order valence-corrected chi connectivity index (χ2v) is 4.03. The van der Waals surface area contributed by atoms with Crippen molar-refractivity contribution in [2.24, 2.45) is 5.73 Å². The van der Waals surface area contributed by atoms with Gasteiger partial charge in [0.1, 0.15) is 5.75 Å². The van der Waals surface area contributed by atoms with E-state index in [1.54, 1.807) is 23.5 Å². The average Bonchev–Trinajstić information content (AvgIpc) is 2.70. The molecule has 0 aliphatic heterocycles. The Bertz CT molecular complexity index is 416. The molecule has 0 amide bonds. The van der Waals surface area contributed by atoms with Crippen LogP contribution in [0.3, 0.4) is 0 Å². The van der Waals surface area contributed by atoms with Gasteiger partial charge in [-0.15, -0.1) is 23.7 Å². The third-order valence-electron chi connectivity index (χ3n) is 2.12. The van der Waals surface area contributed by atoms with Crippen LogP contribution in [0.1, 0.15) is 16.5 Å². The fraction of sp³-hybridized carbons (Fsp3) is 0.0909. The van der Waals surface area contributed by atoms with Crippen LogP contribution >= 0.6 is 23.7 Å².